The van der Waals surface area contributed by atoms with Gasteiger partial charge in [0.25, 0.3) is 0 Å². The van der Waals surface area contributed by atoms with Crippen LogP contribution in [0.15, 0.2) is 29.3 Å². The standard InChI is InChI=1S/C11H13BrFNO/c1-7(12)6-15-11-4-3-9(8(2)14)5-10(11)13/h3-5,8H,1,6,14H2,2H3/t8-/m1/s1. The Bertz CT molecular complexity index is 366. The molecule has 4 heteroatoms. The number of benzene rings is 1. The summed E-state index contributed by atoms with van der Waals surface area (Å²) in [6, 6.07) is 4.53. The van der Waals surface area contributed by atoms with Gasteiger partial charge in [0.1, 0.15) is 6.61 Å². The second-order valence-corrected chi connectivity index (χ2v) is 4.41. The van der Waals surface area contributed by atoms with Crippen LogP contribution in [0.25, 0.3) is 0 Å². The molecule has 0 aliphatic rings. The van der Waals surface area contributed by atoms with Gasteiger partial charge in [0, 0.05) is 10.5 Å². The van der Waals surface area contributed by atoms with Crippen LogP contribution in [0.3, 0.4) is 0 Å². The lowest BCUT2D eigenvalue weighted by atomic mass is 10.1. The minimum atomic E-state index is -0.404. The zero-order chi connectivity index (χ0) is 11.4. The Morgan fingerprint density at radius 3 is 2.80 bits per heavy atom. The molecule has 2 N–H and O–H groups in total. The molecule has 0 unspecified atom stereocenters. The molecular weight excluding hydrogens is 261 g/mol. The third-order valence-corrected chi connectivity index (χ3v) is 2.09. The first kappa shape index (κ1) is 12.2. The maximum absolute atomic E-state index is 13.4. The Balaban J connectivity index is 2.79. The number of hydrogen-bond donors (Lipinski definition) is 1. The Labute approximate surface area is 97.1 Å². The summed E-state index contributed by atoms with van der Waals surface area (Å²) < 4.78 is 19.3. The van der Waals surface area contributed by atoms with Crippen LogP contribution in [0.5, 0.6) is 5.75 Å². The minimum absolute atomic E-state index is 0.181. The van der Waals surface area contributed by atoms with Crippen molar-refractivity contribution in [2.24, 2.45) is 5.73 Å². The second-order valence-electron chi connectivity index (χ2n) is 3.28. The van der Waals surface area contributed by atoms with Crippen LogP contribution in [-0.2, 0) is 0 Å². The van der Waals surface area contributed by atoms with E-state index in [1.807, 2.05) is 0 Å². The van der Waals surface area contributed by atoms with E-state index in [0.29, 0.717) is 4.48 Å². The number of ether oxygens (including phenoxy) is 1. The van der Waals surface area contributed by atoms with Gasteiger partial charge in [-0.1, -0.05) is 28.6 Å². The van der Waals surface area contributed by atoms with Gasteiger partial charge in [-0.15, -0.1) is 0 Å². The smallest absolute Gasteiger partial charge is 0.165 e. The predicted octanol–water partition coefficient (Wildman–Crippen LogP) is 3.13. The van der Waals surface area contributed by atoms with Crippen LogP contribution in [0.4, 0.5) is 4.39 Å². The maximum Gasteiger partial charge on any atom is 0.165 e. The Morgan fingerprint density at radius 1 is 1.67 bits per heavy atom. The van der Waals surface area contributed by atoms with Crippen molar-refractivity contribution in [1.29, 1.82) is 0 Å². The molecule has 0 aromatic heterocycles. The molecule has 1 rings (SSSR count). The molecule has 2 nitrogen and oxygen atoms in total. The fourth-order valence-corrected chi connectivity index (χ4v) is 1.19. The summed E-state index contributed by atoms with van der Waals surface area (Å²) in [7, 11) is 0. The molecule has 0 amide bonds. The minimum Gasteiger partial charge on any atom is -0.485 e. The van der Waals surface area contributed by atoms with Gasteiger partial charge in [-0.05, 0) is 24.6 Å². The predicted molar refractivity (Wildman–Crippen MR) is 62.6 cm³/mol. The van der Waals surface area contributed by atoms with Crippen molar-refractivity contribution in [3.05, 3.63) is 40.6 Å². The SMILES string of the molecule is C=C(Br)COc1ccc([C@@H](C)N)cc1F. The summed E-state index contributed by atoms with van der Waals surface area (Å²) in [6.07, 6.45) is 0. The van der Waals surface area contributed by atoms with Gasteiger partial charge in [0.05, 0.1) is 0 Å². The first-order valence-electron chi connectivity index (χ1n) is 4.52. The van der Waals surface area contributed by atoms with E-state index in [-0.39, 0.29) is 18.4 Å². The highest BCUT2D eigenvalue weighted by molar-refractivity contribution is 9.11. The highest BCUT2D eigenvalue weighted by Crippen LogP contribution is 2.21. The molecule has 0 spiro atoms. The highest BCUT2D eigenvalue weighted by atomic mass is 79.9. The molecule has 1 aromatic carbocycles. The molecule has 0 saturated heterocycles. The normalized spacial score (nSPS) is 12.3. The molecule has 15 heavy (non-hydrogen) atoms. The van der Waals surface area contributed by atoms with Gasteiger partial charge in [-0.2, -0.15) is 0 Å². The van der Waals surface area contributed by atoms with Crippen LogP contribution < -0.4 is 10.5 Å². The van der Waals surface area contributed by atoms with Crippen molar-refractivity contribution in [1.82, 2.24) is 0 Å². The maximum atomic E-state index is 13.4. The molecule has 0 heterocycles. The average molecular weight is 274 g/mol. The lowest BCUT2D eigenvalue weighted by molar-refractivity contribution is 0.339. The van der Waals surface area contributed by atoms with E-state index < -0.39 is 5.82 Å². The van der Waals surface area contributed by atoms with E-state index in [4.69, 9.17) is 10.5 Å². The van der Waals surface area contributed by atoms with E-state index >= 15 is 0 Å². The lowest BCUT2D eigenvalue weighted by Gasteiger charge is -2.09. The first-order valence-corrected chi connectivity index (χ1v) is 5.31. The van der Waals surface area contributed by atoms with E-state index in [1.165, 1.54) is 6.07 Å². The summed E-state index contributed by atoms with van der Waals surface area (Å²) in [4.78, 5) is 0. The van der Waals surface area contributed by atoms with Crippen molar-refractivity contribution in [2.75, 3.05) is 6.61 Å². The highest BCUT2D eigenvalue weighted by Gasteiger charge is 2.07. The van der Waals surface area contributed by atoms with Crippen molar-refractivity contribution in [3.8, 4) is 5.75 Å². The first-order chi connectivity index (χ1) is 7.00. The number of nitrogens with two attached hydrogens (primary N) is 1. The Kier molecular flexibility index (Phi) is 4.29. The van der Waals surface area contributed by atoms with Gasteiger partial charge >= 0.3 is 0 Å². The van der Waals surface area contributed by atoms with E-state index in [0.717, 1.165) is 5.56 Å². The zero-order valence-electron chi connectivity index (χ0n) is 8.47. The molecule has 0 aliphatic heterocycles. The van der Waals surface area contributed by atoms with Gasteiger partial charge in [0.15, 0.2) is 11.6 Å². The van der Waals surface area contributed by atoms with Gasteiger partial charge in [0.2, 0.25) is 0 Å². The fourth-order valence-electron chi connectivity index (χ4n) is 1.07. The van der Waals surface area contributed by atoms with Crippen LogP contribution in [0.1, 0.15) is 18.5 Å². The van der Waals surface area contributed by atoms with Gasteiger partial charge in [-0.3, -0.25) is 0 Å². The molecule has 0 radical (unpaired) electrons. The van der Waals surface area contributed by atoms with E-state index in [9.17, 15) is 4.39 Å². The summed E-state index contributed by atoms with van der Waals surface area (Å²) >= 11 is 3.13. The van der Waals surface area contributed by atoms with Crippen molar-refractivity contribution < 1.29 is 9.13 Å². The fraction of sp³-hybridized carbons (Fsp3) is 0.273. The molecule has 1 atom stereocenters. The van der Waals surface area contributed by atoms with Crippen LogP contribution >= 0.6 is 15.9 Å². The average Bonchev–Trinajstić information content (AvgIpc) is 2.15. The number of halogens is 2. The van der Waals surface area contributed by atoms with Crippen LogP contribution in [0, 0.1) is 5.82 Å². The second kappa shape index (κ2) is 5.28. The van der Waals surface area contributed by atoms with Gasteiger partial charge < -0.3 is 10.5 Å². The molecule has 0 saturated carbocycles. The Morgan fingerprint density at radius 2 is 2.33 bits per heavy atom. The summed E-state index contributed by atoms with van der Waals surface area (Å²) in [5, 5.41) is 0. The quantitative estimate of drug-likeness (QED) is 0.915. The molecule has 82 valence electrons. The van der Waals surface area contributed by atoms with Crippen molar-refractivity contribution in [2.45, 2.75) is 13.0 Å². The van der Waals surface area contributed by atoms with Crippen molar-refractivity contribution in [3.63, 3.8) is 0 Å². The van der Waals surface area contributed by atoms with Crippen LogP contribution in [-0.4, -0.2) is 6.61 Å². The van der Waals surface area contributed by atoms with Crippen LogP contribution in [0.2, 0.25) is 0 Å². The van der Waals surface area contributed by atoms with Crippen molar-refractivity contribution >= 4 is 15.9 Å². The van der Waals surface area contributed by atoms with E-state index in [2.05, 4.69) is 22.5 Å². The Hall–Kier alpha value is -0.870. The third kappa shape index (κ3) is 3.64. The molecule has 1 aromatic rings. The summed E-state index contributed by atoms with van der Waals surface area (Å²) in [6.45, 7) is 5.64. The monoisotopic (exact) mass is 273 g/mol. The topological polar surface area (TPSA) is 35.2 Å². The third-order valence-electron chi connectivity index (χ3n) is 1.87. The van der Waals surface area contributed by atoms with E-state index in [1.54, 1.807) is 19.1 Å². The van der Waals surface area contributed by atoms with Gasteiger partial charge in [-0.25, -0.2) is 4.39 Å². The lowest BCUT2D eigenvalue weighted by Crippen LogP contribution is -2.06. The molecule has 0 bridgehead atoms. The summed E-state index contributed by atoms with van der Waals surface area (Å²) in [5.41, 5.74) is 6.37. The molecule has 0 fully saturated rings. The largest absolute Gasteiger partial charge is 0.485 e. The summed E-state index contributed by atoms with van der Waals surface area (Å²) in [5.74, 6) is -0.196. The number of hydrogen-bond acceptors (Lipinski definition) is 2. The zero-order valence-corrected chi connectivity index (χ0v) is 10.1. The number of rotatable bonds is 4. The molecular formula is C11H13BrFNO. The molecule has 0 aliphatic carbocycles.